The number of methoxy groups -OCH3 is 1. The first kappa shape index (κ1) is 18.8. The predicted octanol–water partition coefficient (Wildman–Crippen LogP) is 4.44. The summed E-state index contributed by atoms with van der Waals surface area (Å²) in [6.07, 6.45) is 1.86. The van der Waals surface area contributed by atoms with Gasteiger partial charge in [-0.2, -0.15) is 0 Å². The Morgan fingerprint density at radius 1 is 1.12 bits per heavy atom. The summed E-state index contributed by atoms with van der Waals surface area (Å²) in [7, 11) is 5.81. The summed E-state index contributed by atoms with van der Waals surface area (Å²) in [4.78, 5) is 16.3. The molecule has 0 fully saturated rings. The number of carbonyl (C=O) groups is 1. The highest BCUT2D eigenvalue weighted by atomic mass is 32.2. The normalized spacial score (nSPS) is 19.6. The van der Waals surface area contributed by atoms with Gasteiger partial charge in [0.2, 0.25) is 5.91 Å². The second kappa shape index (κ2) is 8.60. The Morgan fingerprint density at radius 3 is 2.54 bits per heavy atom. The molecule has 0 bridgehead atoms. The number of hydrogen-bond donors (Lipinski definition) is 1. The third-order valence-corrected chi connectivity index (χ3v) is 6.13. The van der Waals surface area contributed by atoms with Crippen molar-refractivity contribution >= 4 is 23.4 Å². The van der Waals surface area contributed by atoms with Gasteiger partial charge in [0.05, 0.1) is 18.7 Å². The van der Waals surface area contributed by atoms with Crippen LogP contribution in [0.3, 0.4) is 0 Å². The minimum atomic E-state index is -0.0688. The molecule has 2 aromatic rings. The van der Waals surface area contributed by atoms with Crippen molar-refractivity contribution in [2.24, 2.45) is 5.92 Å². The SMILES string of the molecule is COc1ccc([C@@H]2Sc3ccccc3NC(=O)[C@@H]2CCCN(C)C)cc1. The molecular weight excluding hydrogens is 344 g/mol. The summed E-state index contributed by atoms with van der Waals surface area (Å²) in [6, 6.07) is 16.2. The zero-order valence-electron chi connectivity index (χ0n) is 15.6. The number of thioether (sulfide) groups is 1. The maximum absolute atomic E-state index is 13.0. The molecule has 1 aliphatic heterocycles. The third-order valence-electron chi connectivity index (χ3n) is 4.67. The quantitative estimate of drug-likeness (QED) is 0.816. The molecule has 1 heterocycles. The van der Waals surface area contributed by atoms with Gasteiger partial charge in [0.25, 0.3) is 0 Å². The van der Waals surface area contributed by atoms with Gasteiger partial charge in [-0.1, -0.05) is 24.3 Å². The van der Waals surface area contributed by atoms with E-state index in [1.165, 1.54) is 0 Å². The second-order valence-electron chi connectivity index (χ2n) is 6.85. The van der Waals surface area contributed by atoms with Crippen molar-refractivity contribution < 1.29 is 9.53 Å². The number of benzene rings is 2. The molecule has 5 heteroatoms. The summed E-state index contributed by atoms with van der Waals surface area (Å²) >= 11 is 1.78. The highest BCUT2D eigenvalue weighted by Crippen LogP contribution is 2.47. The maximum atomic E-state index is 13.0. The van der Waals surface area contributed by atoms with Crippen molar-refractivity contribution in [3.8, 4) is 5.75 Å². The molecule has 1 amide bonds. The summed E-state index contributed by atoms with van der Waals surface area (Å²) in [5, 5.41) is 3.22. The van der Waals surface area contributed by atoms with Gasteiger partial charge in [0, 0.05) is 10.1 Å². The molecule has 138 valence electrons. The summed E-state index contributed by atoms with van der Waals surface area (Å²) in [5.74, 6) is 0.879. The van der Waals surface area contributed by atoms with Gasteiger partial charge in [-0.3, -0.25) is 4.79 Å². The van der Waals surface area contributed by atoms with Crippen LogP contribution < -0.4 is 10.1 Å². The van der Waals surface area contributed by atoms with Gasteiger partial charge in [-0.05, 0) is 63.3 Å². The third kappa shape index (κ3) is 4.40. The van der Waals surface area contributed by atoms with Crippen molar-refractivity contribution in [1.82, 2.24) is 4.90 Å². The zero-order valence-corrected chi connectivity index (χ0v) is 16.4. The standard InChI is InChI=1S/C21H26N2O2S/c1-23(2)14-6-7-17-20(15-10-12-16(25-3)13-11-15)26-19-9-5-4-8-18(19)22-21(17)24/h4-5,8-13,17,20H,6-7,14H2,1-3H3,(H,22,24)/t17-,20+/m1/s1. The number of rotatable bonds is 6. The smallest absolute Gasteiger partial charge is 0.228 e. The number of carbonyl (C=O) groups excluding carboxylic acids is 1. The minimum Gasteiger partial charge on any atom is -0.497 e. The van der Waals surface area contributed by atoms with Crippen molar-refractivity contribution in [3.63, 3.8) is 0 Å². The van der Waals surface area contributed by atoms with E-state index >= 15 is 0 Å². The average Bonchev–Trinajstić information content (AvgIpc) is 2.78. The average molecular weight is 371 g/mol. The van der Waals surface area contributed by atoms with Gasteiger partial charge < -0.3 is 15.0 Å². The van der Waals surface area contributed by atoms with Crippen LogP contribution in [-0.4, -0.2) is 38.6 Å². The van der Waals surface area contributed by atoms with E-state index in [2.05, 4.69) is 42.5 Å². The number of ether oxygens (including phenoxy) is 1. The van der Waals surface area contributed by atoms with Gasteiger partial charge >= 0.3 is 0 Å². The molecule has 0 saturated heterocycles. The Morgan fingerprint density at radius 2 is 1.85 bits per heavy atom. The number of para-hydroxylation sites is 1. The van der Waals surface area contributed by atoms with Crippen molar-refractivity contribution in [1.29, 1.82) is 0 Å². The first-order valence-corrected chi connectivity index (χ1v) is 9.81. The van der Waals surface area contributed by atoms with Crippen LogP contribution >= 0.6 is 11.8 Å². The molecule has 0 unspecified atom stereocenters. The Kier molecular flexibility index (Phi) is 6.22. The Balaban J connectivity index is 1.91. The summed E-state index contributed by atoms with van der Waals surface area (Å²) in [5.41, 5.74) is 2.08. The van der Waals surface area contributed by atoms with Crippen LogP contribution in [0.4, 0.5) is 5.69 Å². The molecule has 0 aromatic heterocycles. The monoisotopic (exact) mass is 370 g/mol. The summed E-state index contributed by atoms with van der Waals surface area (Å²) in [6.45, 7) is 0.983. The van der Waals surface area contributed by atoms with Gasteiger partial charge in [-0.25, -0.2) is 0 Å². The molecule has 3 rings (SSSR count). The highest BCUT2D eigenvalue weighted by molar-refractivity contribution is 7.99. The predicted molar refractivity (Wildman–Crippen MR) is 108 cm³/mol. The van der Waals surface area contributed by atoms with E-state index in [9.17, 15) is 4.79 Å². The van der Waals surface area contributed by atoms with E-state index in [1.54, 1.807) is 18.9 Å². The Bertz CT molecular complexity index is 746. The molecule has 2 aromatic carbocycles. The van der Waals surface area contributed by atoms with Crippen LogP contribution in [0.15, 0.2) is 53.4 Å². The molecule has 26 heavy (non-hydrogen) atoms. The number of hydrogen-bond acceptors (Lipinski definition) is 4. The number of nitrogens with zero attached hydrogens (tertiary/aromatic N) is 1. The Hall–Kier alpha value is -1.98. The molecule has 4 nitrogen and oxygen atoms in total. The fourth-order valence-corrected chi connectivity index (χ4v) is 4.65. The largest absolute Gasteiger partial charge is 0.497 e. The van der Waals surface area contributed by atoms with Crippen LogP contribution in [0.1, 0.15) is 23.7 Å². The lowest BCUT2D eigenvalue weighted by Gasteiger charge is -2.24. The molecule has 0 saturated carbocycles. The summed E-state index contributed by atoms with van der Waals surface area (Å²) < 4.78 is 5.29. The van der Waals surface area contributed by atoms with Crippen LogP contribution in [0.25, 0.3) is 0 Å². The van der Waals surface area contributed by atoms with Crippen molar-refractivity contribution in [3.05, 3.63) is 54.1 Å². The molecule has 1 N–H and O–H groups in total. The van der Waals surface area contributed by atoms with Gasteiger partial charge in [0.1, 0.15) is 5.75 Å². The first-order chi connectivity index (χ1) is 12.6. The number of fused-ring (bicyclic) bond motifs is 1. The van der Waals surface area contributed by atoms with E-state index in [0.717, 1.165) is 41.3 Å². The van der Waals surface area contributed by atoms with Crippen molar-refractivity contribution in [2.45, 2.75) is 23.0 Å². The van der Waals surface area contributed by atoms with Crippen LogP contribution in [-0.2, 0) is 4.79 Å². The fraction of sp³-hybridized carbons (Fsp3) is 0.381. The minimum absolute atomic E-state index is 0.0688. The van der Waals surface area contributed by atoms with E-state index in [0.29, 0.717) is 0 Å². The topological polar surface area (TPSA) is 41.6 Å². The molecule has 1 aliphatic rings. The maximum Gasteiger partial charge on any atom is 0.228 e. The van der Waals surface area contributed by atoms with E-state index in [1.807, 2.05) is 30.3 Å². The fourth-order valence-electron chi connectivity index (χ4n) is 3.26. The molecule has 0 radical (unpaired) electrons. The number of anilines is 1. The highest BCUT2D eigenvalue weighted by Gasteiger charge is 2.33. The van der Waals surface area contributed by atoms with E-state index in [-0.39, 0.29) is 17.1 Å². The van der Waals surface area contributed by atoms with Gasteiger partial charge in [0.15, 0.2) is 0 Å². The zero-order chi connectivity index (χ0) is 18.5. The lowest BCUT2D eigenvalue weighted by molar-refractivity contribution is -0.120. The van der Waals surface area contributed by atoms with Crippen LogP contribution in [0.5, 0.6) is 5.75 Å². The lowest BCUT2D eigenvalue weighted by atomic mass is 9.93. The van der Waals surface area contributed by atoms with Crippen molar-refractivity contribution in [2.75, 3.05) is 33.1 Å². The van der Waals surface area contributed by atoms with E-state index < -0.39 is 0 Å². The van der Waals surface area contributed by atoms with Crippen LogP contribution in [0.2, 0.25) is 0 Å². The molecule has 2 atom stereocenters. The second-order valence-corrected chi connectivity index (χ2v) is 8.03. The lowest BCUT2D eigenvalue weighted by Crippen LogP contribution is -2.26. The Labute approximate surface area is 159 Å². The molecule has 0 aliphatic carbocycles. The molecule has 0 spiro atoms. The first-order valence-electron chi connectivity index (χ1n) is 8.93. The number of amides is 1. The van der Waals surface area contributed by atoms with Gasteiger partial charge in [-0.15, -0.1) is 11.8 Å². The number of nitrogens with one attached hydrogen (secondary N) is 1. The molecular formula is C21H26N2O2S. The van der Waals surface area contributed by atoms with E-state index in [4.69, 9.17) is 4.74 Å². The van der Waals surface area contributed by atoms with Crippen LogP contribution in [0, 0.1) is 5.92 Å².